The molecule has 0 unspecified atom stereocenters. The number of aromatic nitrogens is 1. The summed E-state index contributed by atoms with van der Waals surface area (Å²) in [5.74, 6) is 1.46. The Morgan fingerprint density at radius 1 is 1.38 bits per heavy atom. The van der Waals surface area contributed by atoms with Gasteiger partial charge in [-0.05, 0) is 61.4 Å². The number of rotatable bonds is 3. The third kappa shape index (κ3) is 2.82. The number of nitrogens with one attached hydrogen (secondary N) is 1. The summed E-state index contributed by atoms with van der Waals surface area (Å²) in [4.78, 5) is 4.28. The topological polar surface area (TPSA) is 24.9 Å². The zero-order valence-electron chi connectivity index (χ0n) is 10.4. The molecule has 88 valence electrons. The smallest absolute Gasteiger partial charge is 0.0302 e. The van der Waals surface area contributed by atoms with Crippen molar-refractivity contribution < 1.29 is 0 Å². The molecule has 0 spiro atoms. The quantitative estimate of drug-likeness (QED) is 0.844. The lowest BCUT2D eigenvalue weighted by atomic mass is 9.87. The maximum absolute atomic E-state index is 4.28. The highest BCUT2D eigenvalue weighted by Crippen LogP contribution is 2.24. The minimum Gasteiger partial charge on any atom is -0.317 e. The summed E-state index contributed by atoms with van der Waals surface area (Å²) in [6.45, 7) is 6.90. The largest absolute Gasteiger partial charge is 0.317 e. The Morgan fingerprint density at radius 3 is 2.81 bits per heavy atom. The average molecular weight is 218 g/mol. The molecule has 1 aliphatic heterocycles. The monoisotopic (exact) mass is 218 g/mol. The SMILES string of the molecule is CC(C)c1ccncc1CC1CCNCC1. The minimum absolute atomic E-state index is 0.611. The van der Waals surface area contributed by atoms with Crippen molar-refractivity contribution in [3.8, 4) is 0 Å². The van der Waals surface area contributed by atoms with E-state index < -0.39 is 0 Å². The van der Waals surface area contributed by atoms with Gasteiger partial charge >= 0.3 is 0 Å². The van der Waals surface area contributed by atoms with Crippen LogP contribution in [0.1, 0.15) is 43.7 Å². The van der Waals surface area contributed by atoms with E-state index in [1.807, 2.05) is 6.20 Å². The third-order valence-electron chi connectivity index (χ3n) is 3.53. The molecule has 2 rings (SSSR count). The van der Waals surface area contributed by atoms with Gasteiger partial charge in [-0.15, -0.1) is 0 Å². The van der Waals surface area contributed by atoms with Crippen molar-refractivity contribution in [3.05, 3.63) is 29.6 Å². The Labute approximate surface area is 98.5 Å². The number of nitrogens with zero attached hydrogens (tertiary/aromatic N) is 1. The summed E-state index contributed by atoms with van der Waals surface area (Å²) in [5, 5.41) is 3.42. The lowest BCUT2D eigenvalue weighted by Gasteiger charge is -2.24. The molecule has 1 saturated heterocycles. The summed E-state index contributed by atoms with van der Waals surface area (Å²) in [6, 6.07) is 2.18. The molecule has 1 aromatic rings. The molecule has 2 heteroatoms. The van der Waals surface area contributed by atoms with Crippen LogP contribution in [-0.2, 0) is 6.42 Å². The first-order valence-electron chi connectivity index (χ1n) is 6.41. The van der Waals surface area contributed by atoms with Crippen LogP contribution in [0.15, 0.2) is 18.5 Å². The van der Waals surface area contributed by atoms with Crippen LogP contribution in [0.3, 0.4) is 0 Å². The first-order valence-corrected chi connectivity index (χ1v) is 6.41. The van der Waals surface area contributed by atoms with Crippen molar-refractivity contribution in [3.63, 3.8) is 0 Å². The number of pyridine rings is 1. The van der Waals surface area contributed by atoms with E-state index in [4.69, 9.17) is 0 Å². The molecule has 0 radical (unpaired) electrons. The van der Waals surface area contributed by atoms with Gasteiger partial charge in [0.25, 0.3) is 0 Å². The Morgan fingerprint density at radius 2 is 2.12 bits per heavy atom. The molecular weight excluding hydrogens is 196 g/mol. The molecular formula is C14H22N2. The second-order valence-electron chi connectivity index (χ2n) is 5.13. The van der Waals surface area contributed by atoms with Crippen molar-refractivity contribution in [1.82, 2.24) is 10.3 Å². The molecule has 0 bridgehead atoms. The molecule has 16 heavy (non-hydrogen) atoms. The van der Waals surface area contributed by atoms with Crippen LogP contribution in [0.2, 0.25) is 0 Å². The molecule has 1 fully saturated rings. The lowest BCUT2D eigenvalue weighted by Crippen LogP contribution is -2.28. The van der Waals surface area contributed by atoms with Crippen molar-refractivity contribution >= 4 is 0 Å². The molecule has 0 amide bonds. The molecule has 1 N–H and O–H groups in total. The molecule has 0 saturated carbocycles. The maximum Gasteiger partial charge on any atom is 0.0302 e. The number of hydrogen-bond acceptors (Lipinski definition) is 2. The second-order valence-corrected chi connectivity index (χ2v) is 5.13. The van der Waals surface area contributed by atoms with E-state index in [1.165, 1.54) is 43.5 Å². The standard InChI is InChI=1S/C14H22N2/c1-11(2)14-5-8-16-10-13(14)9-12-3-6-15-7-4-12/h5,8,10-12,15H,3-4,6-7,9H2,1-2H3. The van der Waals surface area contributed by atoms with Crippen LogP contribution in [0.4, 0.5) is 0 Å². The molecule has 0 aliphatic carbocycles. The lowest BCUT2D eigenvalue weighted by molar-refractivity contribution is 0.371. The second kappa shape index (κ2) is 5.44. The predicted octanol–water partition coefficient (Wildman–Crippen LogP) is 2.75. The molecule has 1 aromatic heterocycles. The van der Waals surface area contributed by atoms with Crippen LogP contribution in [0.25, 0.3) is 0 Å². The van der Waals surface area contributed by atoms with Crippen LogP contribution < -0.4 is 5.32 Å². The van der Waals surface area contributed by atoms with Crippen LogP contribution in [0, 0.1) is 5.92 Å². The molecule has 2 nitrogen and oxygen atoms in total. The zero-order valence-corrected chi connectivity index (χ0v) is 10.4. The first-order chi connectivity index (χ1) is 7.77. The summed E-state index contributed by atoms with van der Waals surface area (Å²) >= 11 is 0. The first kappa shape index (κ1) is 11.6. The highest BCUT2D eigenvalue weighted by molar-refractivity contribution is 5.26. The molecule has 0 aromatic carbocycles. The fourth-order valence-electron chi connectivity index (χ4n) is 2.57. The van der Waals surface area contributed by atoms with Crippen molar-refractivity contribution in [2.24, 2.45) is 5.92 Å². The average Bonchev–Trinajstić information content (AvgIpc) is 2.31. The molecule has 2 heterocycles. The van der Waals surface area contributed by atoms with E-state index in [-0.39, 0.29) is 0 Å². The van der Waals surface area contributed by atoms with Crippen molar-refractivity contribution in [2.45, 2.75) is 39.0 Å². The van der Waals surface area contributed by atoms with Gasteiger partial charge in [0.05, 0.1) is 0 Å². The van der Waals surface area contributed by atoms with Crippen LogP contribution >= 0.6 is 0 Å². The third-order valence-corrected chi connectivity index (χ3v) is 3.53. The van der Waals surface area contributed by atoms with Crippen molar-refractivity contribution in [2.75, 3.05) is 13.1 Å². The van der Waals surface area contributed by atoms with Gasteiger partial charge in [0.1, 0.15) is 0 Å². The Bertz CT molecular complexity index is 327. The zero-order chi connectivity index (χ0) is 11.4. The van der Waals surface area contributed by atoms with E-state index >= 15 is 0 Å². The summed E-state index contributed by atoms with van der Waals surface area (Å²) < 4.78 is 0. The highest BCUT2D eigenvalue weighted by Gasteiger charge is 2.16. The Kier molecular flexibility index (Phi) is 3.94. The van der Waals surface area contributed by atoms with E-state index in [0.717, 1.165) is 5.92 Å². The van der Waals surface area contributed by atoms with Gasteiger partial charge in [-0.2, -0.15) is 0 Å². The van der Waals surface area contributed by atoms with Gasteiger partial charge in [0, 0.05) is 12.4 Å². The van der Waals surface area contributed by atoms with E-state index in [1.54, 1.807) is 0 Å². The minimum atomic E-state index is 0.611. The van der Waals surface area contributed by atoms with Gasteiger partial charge in [-0.1, -0.05) is 13.8 Å². The summed E-state index contributed by atoms with van der Waals surface area (Å²) in [6.07, 6.45) is 7.82. The molecule has 0 atom stereocenters. The summed E-state index contributed by atoms with van der Waals surface area (Å²) in [5.41, 5.74) is 2.94. The Balaban J connectivity index is 2.07. The van der Waals surface area contributed by atoms with Crippen LogP contribution in [-0.4, -0.2) is 18.1 Å². The molecule has 1 aliphatic rings. The fraction of sp³-hybridized carbons (Fsp3) is 0.643. The van der Waals surface area contributed by atoms with Crippen molar-refractivity contribution in [1.29, 1.82) is 0 Å². The van der Waals surface area contributed by atoms with Gasteiger partial charge in [-0.3, -0.25) is 4.98 Å². The summed E-state index contributed by atoms with van der Waals surface area (Å²) in [7, 11) is 0. The number of hydrogen-bond donors (Lipinski definition) is 1. The van der Waals surface area contributed by atoms with Gasteiger partial charge in [-0.25, -0.2) is 0 Å². The van der Waals surface area contributed by atoms with Gasteiger partial charge in [0.15, 0.2) is 0 Å². The fourth-order valence-corrected chi connectivity index (χ4v) is 2.57. The van der Waals surface area contributed by atoms with Crippen LogP contribution in [0.5, 0.6) is 0 Å². The van der Waals surface area contributed by atoms with E-state index in [9.17, 15) is 0 Å². The maximum atomic E-state index is 4.28. The van der Waals surface area contributed by atoms with E-state index in [2.05, 4.69) is 36.4 Å². The van der Waals surface area contributed by atoms with Gasteiger partial charge < -0.3 is 5.32 Å². The number of piperidine rings is 1. The normalized spacial score (nSPS) is 17.9. The van der Waals surface area contributed by atoms with E-state index in [0.29, 0.717) is 5.92 Å². The van der Waals surface area contributed by atoms with Gasteiger partial charge in [0.2, 0.25) is 0 Å². The Hall–Kier alpha value is -0.890. The predicted molar refractivity (Wildman–Crippen MR) is 67.6 cm³/mol. The highest BCUT2D eigenvalue weighted by atomic mass is 14.9.